The number of hydrogen-bond acceptors (Lipinski definition) is 3. The first-order valence-electron chi connectivity index (χ1n) is 38.4. The summed E-state index contributed by atoms with van der Waals surface area (Å²) in [7, 11) is 0. The number of nitrogens with zero attached hydrogens (tertiary/aromatic N) is 2. The average Bonchev–Trinajstić information content (AvgIpc) is 1.51. The van der Waals surface area contributed by atoms with Gasteiger partial charge in [0.05, 0.1) is 16.5 Å². The molecule has 1 aromatic heterocycles. The van der Waals surface area contributed by atoms with Crippen LogP contribution in [0.4, 0.5) is 34.1 Å². The van der Waals surface area contributed by atoms with Crippen molar-refractivity contribution in [2.45, 2.75) is 30.1 Å². The number of furan rings is 1. The first-order chi connectivity index (χ1) is 54.3. The highest BCUT2D eigenvalue weighted by Crippen LogP contribution is 2.67. The van der Waals surface area contributed by atoms with Crippen molar-refractivity contribution in [2.24, 2.45) is 0 Å². The molecule has 2 spiro atoms. The second kappa shape index (κ2) is 23.6. The number of fused-ring (bicyclic) bond motifs is 26. The van der Waals surface area contributed by atoms with E-state index in [1.807, 2.05) is 6.07 Å². The van der Waals surface area contributed by atoms with E-state index in [1.165, 1.54) is 145 Å². The van der Waals surface area contributed by atoms with Gasteiger partial charge in [-0.25, -0.2) is 0 Å². The molecule has 110 heavy (non-hydrogen) atoms. The van der Waals surface area contributed by atoms with Gasteiger partial charge in [0.1, 0.15) is 11.2 Å². The summed E-state index contributed by atoms with van der Waals surface area (Å²) in [4.78, 5) is 4.91. The van der Waals surface area contributed by atoms with Crippen molar-refractivity contribution in [3.63, 3.8) is 0 Å². The third-order valence-corrected chi connectivity index (χ3v) is 25.1. The Bertz CT molecular complexity index is 6830. The molecular weight excluding hydrogens is 1330 g/mol. The van der Waals surface area contributed by atoms with Crippen LogP contribution in [-0.4, -0.2) is 0 Å². The largest absolute Gasteiger partial charge is 0.456 e. The number of benzene rings is 17. The number of rotatable bonds is 10. The predicted octanol–water partition coefficient (Wildman–Crippen LogP) is 28.2. The normalized spacial score (nSPS) is 14.8. The zero-order valence-electron chi connectivity index (χ0n) is 60.8. The highest BCUT2D eigenvalue weighted by Gasteiger charge is 2.54. The molecule has 3 nitrogen and oxygen atoms in total. The predicted molar refractivity (Wildman–Crippen MR) is 455 cm³/mol. The number of para-hydroxylation sites is 2. The molecule has 5 aliphatic carbocycles. The average molecular weight is 1400 g/mol. The van der Waals surface area contributed by atoms with Crippen LogP contribution in [0.5, 0.6) is 0 Å². The molecule has 0 N–H and O–H groups in total. The quantitative estimate of drug-likeness (QED) is 0.136. The van der Waals surface area contributed by atoms with E-state index in [-0.39, 0.29) is 10.8 Å². The van der Waals surface area contributed by atoms with E-state index in [9.17, 15) is 0 Å². The van der Waals surface area contributed by atoms with Crippen LogP contribution in [0.2, 0.25) is 0 Å². The maximum absolute atomic E-state index is 6.45. The van der Waals surface area contributed by atoms with E-state index in [4.69, 9.17) is 4.42 Å². The smallest absolute Gasteiger partial charge is 0.135 e. The van der Waals surface area contributed by atoms with Crippen LogP contribution >= 0.6 is 0 Å². The Balaban J connectivity index is 0.618. The van der Waals surface area contributed by atoms with Gasteiger partial charge in [0.2, 0.25) is 0 Å². The maximum Gasteiger partial charge on any atom is 0.135 e. The standard InChI is InChI=1S/C107H70N2O/c1-105(2)99-63-72(79-35-23-41-98-104(79)87-34-13-20-40-95(87)107(98)94-39-19-12-32-83(94)89-64-75(55-60-97(89)107)109(101-42-21-14-28-78(101)70-26-7-4-8-27-70)76-56-61-103-90(65-76)86-33-15-22-43-102(86)110-103)48-57-84(99)85-58-54-77(66-100(85)105)108(73-50-44-68(45-51-73)67-24-5-3-6-25-67)74-52-46-69(47-53-74)71-49-59-96-88(62-71)82-31-11-18-38-93(82)106(96)91-36-16-9-29-80(91)81-30-10-17-37-92(81)106/h3-66H,1-2H3. The van der Waals surface area contributed by atoms with E-state index in [0.29, 0.717) is 0 Å². The first-order valence-corrected chi connectivity index (χ1v) is 38.4. The van der Waals surface area contributed by atoms with Gasteiger partial charge in [0.15, 0.2) is 0 Å². The number of hydrogen-bond donors (Lipinski definition) is 0. The zero-order chi connectivity index (χ0) is 72.6. The Morgan fingerprint density at radius 3 is 1.25 bits per heavy atom. The minimum atomic E-state index is -0.584. The number of anilines is 6. The lowest BCUT2D eigenvalue weighted by atomic mass is 9.70. The van der Waals surface area contributed by atoms with Crippen LogP contribution in [0, 0.1) is 0 Å². The molecule has 1 atom stereocenters. The summed E-state index contributed by atoms with van der Waals surface area (Å²) in [5.41, 5.74) is 42.6. The summed E-state index contributed by atoms with van der Waals surface area (Å²) in [6.07, 6.45) is 0. The van der Waals surface area contributed by atoms with Crippen LogP contribution in [0.3, 0.4) is 0 Å². The van der Waals surface area contributed by atoms with Crippen molar-refractivity contribution >= 4 is 56.1 Å². The van der Waals surface area contributed by atoms with Crippen molar-refractivity contribution in [3.05, 3.63) is 444 Å². The van der Waals surface area contributed by atoms with Crippen molar-refractivity contribution < 1.29 is 4.42 Å². The molecule has 0 saturated heterocycles. The molecule has 0 amide bonds. The molecule has 0 saturated carbocycles. The van der Waals surface area contributed by atoms with Gasteiger partial charge in [-0.2, -0.15) is 0 Å². The summed E-state index contributed by atoms with van der Waals surface area (Å²) >= 11 is 0. The van der Waals surface area contributed by atoms with E-state index in [2.05, 4.69) is 406 Å². The zero-order valence-corrected chi connectivity index (χ0v) is 60.8. The molecule has 1 unspecified atom stereocenters. The fourth-order valence-corrected chi connectivity index (χ4v) is 20.4. The van der Waals surface area contributed by atoms with E-state index >= 15 is 0 Å². The monoisotopic (exact) mass is 1400 g/mol. The molecular formula is C107H70N2O. The topological polar surface area (TPSA) is 19.6 Å². The van der Waals surface area contributed by atoms with Gasteiger partial charge >= 0.3 is 0 Å². The first kappa shape index (κ1) is 62.4. The second-order valence-electron chi connectivity index (χ2n) is 30.9. The fraction of sp³-hybridized carbons (Fsp3) is 0.0467. The van der Waals surface area contributed by atoms with E-state index in [1.54, 1.807) is 0 Å². The van der Waals surface area contributed by atoms with Crippen LogP contribution < -0.4 is 9.80 Å². The van der Waals surface area contributed by atoms with Gasteiger partial charge in [-0.15, -0.1) is 0 Å². The van der Waals surface area contributed by atoms with Gasteiger partial charge in [-0.1, -0.05) is 311 Å². The van der Waals surface area contributed by atoms with Gasteiger partial charge in [-0.3, -0.25) is 0 Å². The Morgan fingerprint density at radius 2 is 0.591 bits per heavy atom. The van der Waals surface area contributed by atoms with Crippen LogP contribution in [0.25, 0.3) is 122 Å². The molecule has 514 valence electrons. The Labute approximate surface area is 640 Å². The molecule has 23 rings (SSSR count). The lowest BCUT2D eigenvalue weighted by Crippen LogP contribution is -2.25. The summed E-state index contributed by atoms with van der Waals surface area (Å²) in [5.74, 6) is 0. The Morgan fingerprint density at radius 1 is 0.200 bits per heavy atom. The van der Waals surface area contributed by atoms with E-state index in [0.717, 1.165) is 67.2 Å². The van der Waals surface area contributed by atoms with Crippen molar-refractivity contribution in [2.75, 3.05) is 9.80 Å². The third kappa shape index (κ3) is 8.71. The summed E-state index contributed by atoms with van der Waals surface area (Å²) < 4.78 is 6.45. The molecule has 3 heteroatoms. The fourth-order valence-electron chi connectivity index (χ4n) is 20.4. The van der Waals surface area contributed by atoms with Crippen molar-refractivity contribution in [1.82, 2.24) is 0 Å². The maximum atomic E-state index is 6.45. The lowest BCUT2D eigenvalue weighted by molar-refractivity contribution is 0.660. The van der Waals surface area contributed by atoms with Crippen LogP contribution in [-0.2, 0) is 16.2 Å². The molecule has 17 aromatic carbocycles. The molecule has 1 heterocycles. The van der Waals surface area contributed by atoms with Crippen LogP contribution in [0.1, 0.15) is 69.5 Å². The third-order valence-electron chi connectivity index (χ3n) is 25.1. The van der Waals surface area contributed by atoms with E-state index < -0.39 is 5.41 Å². The molecule has 0 fully saturated rings. The van der Waals surface area contributed by atoms with Gasteiger partial charge in [-0.05, 0) is 241 Å². The van der Waals surface area contributed by atoms with Crippen LogP contribution in [0.15, 0.2) is 393 Å². The Hall–Kier alpha value is -13.9. The second-order valence-corrected chi connectivity index (χ2v) is 30.9. The minimum absolute atomic E-state index is 0.345. The SMILES string of the molecule is CC1(C)c2cc(-c3cccc4c3-c3ccccc3C43c4ccccc4-c4cc(N(c5ccc6oc7ccccc7c6c5)c5ccccc5-c5ccccc5)ccc43)ccc2-c2ccc(N(c3ccc(-c4ccccc4)cc3)c3ccc(-c4ccc5c(c4)-c4ccccc4C54c5ccccc5-c5ccccc54)cc3)cc21. The molecule has 5 aliphatic rings. The summed E-state index contributed by atoms with van der Waals surface area (Å²) in [6.45, 7) is 4.86. The Kier molecular flexibility index (Phi) is 13.4. The molecule has 0 aliphatic heterocycles. The summed E-state index contributed by atoms with van der Waals surface area (Å²) in [5, 5.41) is 2.19. The highest BCUT2D eigenvalue weighted by atomic mass is 16.3. The summed E-state index contributed by atoms with van der Waals surface area (Å²) in [6, 6.07) is 146. The minimum Gasteiger partial charge on any atom is -0.456 e. The highest BCUT2D eigenvalue weighted by molar-refractivity contribution is 6.08. The lowest BCUT2D eigenvalue weighted by Gasteiger charge is -2.32. The molecule has 0 bridgehead atoms. The van der Waals surface area contributed by atoms with Gasteiger partial charge < -0.3 is 14.2 Å². The molecule has 18 aromatic rings. The molecule has 0 radical (unpaired) electrons. The van der Waals surface area contributed by atoms with Gasteiger partial charge in [0, 0.05) is 50.2 Å². The van der Waals surface area contributed by atoms with Gasteiger partial charge in [0.25, 0.3) is 0 Å². The van der Waals surface area contributed by atoms with Crippen molar-refractivity contribution in [1.29, 1.82) is 0 Å². The van der Waals surface area contributed by atoms with Crippen molar-refractivity contribution in [3.8, 4) is 100 Å².